The molecule has 0 bridgehead atoms. The zero-order chi connectivity index (χ0) is 19.2. The van der Waals surface area contributed by atoms with Gasteiger partial charge in [-0.1, -0.05) is 67.0 Å². The highest BCUT2D eigenvalue weighted by molar-refractivity contribution is 6.50. The Labute approximate surface area is 162 Å². The number of nitriles is 1. The van der Waals surface area contributed by atoms with Crippen LogP contribution in [0.1, 0.15) is 36.8 Å². The van der Waals surface area contributed by atoms with Gasteiger partial charge < -0.3 is 9.26 Å². The highest BCUT2D eigenvalue weighted by Crippen LogP contribution is 2.25. The third-order valence-electron chi connectivity index (χ3n) is 3.94. The van der Waals surface area contributed by atoms with E-state index in [1.807, 2.05) is 30.3 Å². The lowest BCUT2D eigenvalue weighted by Crippen LogP contribution is -1.92. The summed E-state index contributed by atoms with van der Waals surface area (Å²) < 4.78 is 10.5. The molecule has 0 N–H and O–H groups in total. The van der Waals surface area contributed by atoms with Crippen LogP contribution in [0.25, 0.3) is 22.5 Å². The Morgan fingerprint density at radius 1 is 1.19 bits per heavy atom. The fourth-order valence-electron chi connectivity index (χ4n) is 2.44. The molecule has 0 spiro atoms. The third-order valence-corrected chi connectivity index (χ3v) is 4.21. The summed E-state index contributed by atoms with van der Waals surface area (Å²) in [4.78, 5) is 4.37. The molecule has 3 rings (SSSR count). The molecular weight excluding hydrogens is 362 g/mol. The fourth-order valence-corrected chi connectivity index (χ4v) is 2.64. The van der Waals surface area contributed by atoms with Gasteiger partial charge in [-0.15, -0.1) is 0 Å². The van der Waals surface area contributed by atoms with E-state index in [2.05, 4.69) is 36.1 Å². The van der Waals surface area contributed by atoms with Gasteiger partial charge in [0, 0.05) is 5.56 Å². The first-order valence-corrected chi connectivity index (χ1v) is 8.86. The SMILES string of the molecule is CC(C)c1ccc(-c2noc(/C(Cl)=C/c3ccc(OCC#N)cc3)n2)cc1. The maximum absolute atomic E-state index is 8.52. The predicted octanol–water partition coefficient (Wildman–Crippen LogP) is 5.50. The molecule has 1 aromatic heterocycles. The lowest BCUT2D eigenvalue weighted by molar-refractivity contribution is 0.368. The first-order valence-electron chi connectivity index (χ1n) is 8.48. The smallest absolute Gasteiger partial charge is 0.269 e. The first kappa shape index (κ1) is 18.7. The molecule has 3 aromatic rings. The third kappa shape index (κ3) is 4.75. The van der Waals surface area contributed by atoms with E-state index < -0.39 is 0 Å². The molecule has 5 nitrogen and oxygen atoms in total. The van der Waals surface area contributed by atoms with Gasteiger partial charge in [0.05, 0.1) is 0 Å². The Balaban J connectivity index is 1.75. The summed E-state index contributed by atoms with van der Waals surface area (Å²) in [5.41, 5.74) is 2.98. The lowest BCUT2D eigenvalue weighted by Gasteiger charge is -2.04. The molecule has 0 fully saturated rings. The van der Waals surface area contributed by atoms with Crippen molar-refractivity contribution in [3.63, 3.8) is 0 Å². The van der Waals surface area contributed by atoms with Crippen LogP contribution in [-0.2, 0) is 0 Å². The number of hydrogen-bond acceptors (Lipinski definition) is 5. The van der Waals surface area contributed by atoms with E-state index in [1.165, 1.54) is 5.56 Å². The van der Waals surface area contributed by atoms with E-state index in [0.29, 0.717) is 22.5 Å². The number of nitrogens with zero attached hydrogens (tertiary/aromatic N) is 3. The average Bonchev–Trinajstić information content (AvgIpc) is 3.18. The Morgan fingerprint density at radius 3 is 2.52 bits per heavy atom. The molecule has 0 atom stereocenters. The van der Waals surface area contributed by atoms with Crippen molar-refractivity contribution in [1.82, 2.24) is 10.1 Å². The molecule has 0 saturated heterocycles. The molecule has 0 saturated carbocycles. The Hall–Kier alpha value is -3.10. The molecule has 0 unspecified atom stereocenters. The maximum atomic E-state index is 8.52. The van der Waals surface area contributed by atoms with Gasteiger partial charge in [0.1, 0.15) is 16.9 Å². The summed E-state index contributed by atoms with van der Waals surface area (Å²) in [6, 6.07) is 17.2. The van der Waals surface area contributed by atoms with Crippen molar-refractivity contribution in [2.75, 3.05) is 6.61 Å². The number of halogens is 1. The predicted molar refractivity (Wildman–Crippen MR) is 105 cm³/mol. The second kappa shape index (κ2) is 8.52. The van der Waals surface area contributed by atoms with Crippen LogP contribution >= 0.6 is 11.6 Å². The van der Waals surface area contributed by atoms with E-state index in [0.717, 1.165) is 11.1 Å². The molecular formula is C21H18ClN3O2. The Kier molecular flexibility index (Phi) is 5.90. The summed E-state index contributed by atoms with van der Waals surface area (Å²) in [6.45, 7) is 4.31. The molecule has 0 aliphatic rings. The summed E-state index contributed by atoms with van der Waals surface area (Å²) >= 11 is 6.32. The van der Waals surface area contributed by atoms with Crippen LogP contribution in [-0.4, -0.2) is 16.7 Å². The molecule has 0 radical (unpaired) electrons. The minimum atomic E-state index is 0.0127. The molecule has 1 heterocycles. The van der Waals surface area contributed by atoms with Crippen molar-refractivity contribution in [2.24, 2.45) is 0 Å². The fraction of sp³-hybridized carbons (Fsp3) is 0.190. The highest BCUT2D eigenvalue weighted by atomic mass is 35.5. The van der Waals surface area contributed by atoms with Gasteiger partial charge in [-0.25, -0.2) is 0 Å². The van der Waals surface area contributed by atoms with Crippen LogP contribution < -0.4 is 4.74 Å². The molecule has 0 amide bonds. The second-order valence-corrected chi connectivity index (χ2v) is 6.62. The van der Waals surface area contributed by atoms with Crippen molar-refractivity contribution in [3.8, 4) is 23.2 Å². The molecule has 0 aliphatic heterocycles. The van der Waals surface area contributed by atoms with Gasteiger partial charge in [0.15, 0.2) is 6.61 Å². The lowest BCUT2D eigenvalue weighted by atomic mass is 10.0. The first-order chi connectivity index (χ1) is 13.1. The standard InChI is InChI=1S/C21H18ClN3O2/c1-14(2)16-5-7-17(8-6-16)20-24-21(27-25-20)19(22)13-15-3-9-18(10-4-15)26-12-11-23/h3-10,13-14H,12H2,1-2H3/b19-13-. The van der Waals surface area contributed by atoms with Crippen LogP contribution in [0.5, 0.6) is 5.75 Å². The van der Waals surface area contributed by atoms with Crippen molar-refractivity contribution < 1.29 is 9.26 Å². The van der Waals surface area contributed by atoms with Gasteiger partial charge in [-0.05, 0) is 35.3 Å². The van der Waals surface area contributed by atoms with E-state index in [1.54, 1.807) is 18.2 Å². The average molecular weight is 380 g/mol. The van der Waals surface area contributed by atoms with Gasteiger partial charge in [-0.2, -0.15) is 10.2 Å². The number of benzene rings is 2. The van der Waals surface area contributed by atoms with Gasteiger partial charge >= 0.3 is 0 Å². The summed E-state index contributed by atoms with van der Waals surface area (Å²) in [5.74, 6) is 1.83. The highest BCUT2D eigenvalue weighted by Gasteiger charge is 2.12. The second-order valence-electron chi connectivity index (χ2n) is 6.21. The quantitative estimate of drug-likeness (QED) is 0.565. The largest absolute Gasteiger partial charge is 0.479 e. The zero-order valence-corrected chi connectivity index (χ0v) is 15.8. The molecule has 0 aliphatic carbocycles. The topological polar surface area (TPSA) is 71.9 Å². The molecule has 27 heavy (non-hydrogen) atoms. The van der Waals surface area contributed by atoms with Crippen LogP contribution in [0.2, 0.25) is 0 Å². The minimum absolute atomic E-state index is 0.0127. The van der Waals surface area contributed by atoms with Crippen LogP contribution in [0.15, 0.2) is 53.1 Å². The summed E-state index contributed by atoms with van der Waals surface area (Å²) in [5, 5.41) is 12.9. The maximum Gasteiger partial charge on any atom is 0.269 e. The van der Waals surface area contributed by atoms with Crippen molar-refractivity contribution >= 4 is 22.7 Å². The van der Waals surface area contributed by atoms with Crippen molar-refractivity contribution in [2.45, 2.75) is 19.8 Å². The monoisotopic (exact) mass is 379 g/mol. The van der Waals surface area contributed by atoms with Gasteiger partial charge in [-0.3, -0.25) is 0 Å². The van der Waals surface area contributed by atoms with E-state index in [4.69, 9.17) is 26.1 Å². The summed E-state index contributed by atoms with van der Waals surface area (Å²) in [7, 11) is 0. The van der Waals surface area contributed by atoms with Crippen molar-refractivity contribution in [1.29, 1.82) is 5.26 Å². The van der Waals surface area contributed by atoms with E-state index >= 15 is 0 Å². The van der Waals surface area contributed by atoms with Crippen LogP contribution in [0.3, 0.4) is 0 Å². The normalized spacial score (nSPS) is 11.4. The molecule has 2 aromatic carbocycles. The molecule has 6 heteroatoms. The number of rotatable bonds is 6. The minimum Gasteiger partial charge on any atom is -0.479 e. The number of ether oxygens (including phenoxy) is 1. The van der Waals surface area contributed by atoms with Crippen LogP contribution in [0, 0.1) is 11.3 Å². The molecule has 136 valence electrons. The van der Waals surface area contributed by atoms with Gasteiger partial charge in [0.25, 0.3) is 5.89 Å². The van der Waals surface area contributed by atoms with Crippen LogP contribution in [0.4, 0.5) is 0 Å². The van der Waals surface area contributed by atoms with Crippen molar-refractivity contribution in [3.05, 3.63) is 65.5 Å². The Bertz CT molecular complexity index is 968. The van der Waals surface area contributed by atoms with E-state index in [9.17, 15) is 0 Å². The number of aromatic nitrogens is 2. The Morgan fingerprint density at radius 2 is 1.89 bits per heavy atom. The zero-order valence-electron chi connectivity index (χ0n) is 15.0. The summed E-state index contributed by atoms with van der Waals surface area (Å²) in [6.07, 6.45) is 1.73. The van der Waals surface area contributed by atoms with Gasteiger partial charge in [0.2, 0.25) is 5.82 Å². The number of hydrogen-bond donors (Lipinski definition) is 0. The van der Waals surface area contributed by atoms with E-state index in [-0.39, 0.29) is 12.5 Å².